The topological polar surface area (TPSA) is 49.7 Å². The summed E-state index contributed by atoms with van der Waals surface area (Å²) in [6.07, 6.45) is 0. The highest BCUT2D eigenvalue weighted by Gasteiger charge is 2.19. The average molecular weight is 310 g/mol. The molecule has 3 aromatic carbocycles. The monoisotopic (exact) mass is 310 g/mol. The Morgan fingerprint density at radius 2 is 0.909 bits per heavy atom. The zero-order valence-electron chi connectivity index (χ0n) is 11.8. The molecule has 2 N–H and O–H groups in total. The molecule has 4 rings (SSSR count). The van der Waals surface area contributed by atoms with Crippen molar-refractivity contribution in [1.29, 1.82) is 0 Å². The first-order valence-electron chi connectivity index (χ1n) is 6.85. The molecule has 1 aliphatic rings. The van der Waals surface area contributed by atoms with Gasteiger partial charge in [-0.3, -0.25) is 0 Å². The van der Waals surface area contributed by atoms with Crippen molar-refractivity contribution >= 4 is 8.60 Å². The van der Waals surface area contributed by atoms with Crippen LogP contribution in [0.15, 0.2) is 78.9 Å². The van der Waals surface area contributed by atoms with Crippen LogP contribution in [0, 0.1) is 0 Å². The zero-order chi connectivity index (χ0) is 15.4. The third-order valence-corrected chi connectivity index (χ3v) is 3.74. The maximum atomic E-state index is 8.40. The molecule has 0 bridgehead atoms. The van der Waals surface area contributed by atoms with E-state index in [9.17, 15) is 0 Å². The molecule has 0 saturated heterocycles. The molecule has 22 heavy (non-hydrogen) atoms. The normalized spacial score (nSPS) is 10.7. The highest BCUT2D eigenvalue weighted by Crippen LogP contribution is 2.46. The van der Waals surface area contributed by atoms with Gasteiger partial charge in [-0.05, 0) is 34.4 Å². The van der Waals surface area contributed by atoms with Crippen LogP contribution in [0.1, 0.15) is 0 Å². The maximum Gasteiger partial charge on any atom is 0.391 e. The molecule has 0 spiro atoms. The van der Waals surface area contributed by atoms with Crippen LogP contribution in [-0.4, -0.2) is 9.79 Å². The first-order chi connectivity index (χ1) is 10.8. The number of fused-ring (bicyclic) bond motifs is 4. The summed E-state index contributed by atoms with van der Waals surface area (Å²) in [5, 5.41) is 0. The molecule has 1 aliphatic carbocycles. The summed E-state index contributed by atoms with van der Waals surface area (Å²) in [5.74, 6) is 0.471. The van der Waals surface area contributed by atoms with Crippen LogP contribution in [0.5, 0.6) is 5.75 Å². The molecule has 0 amide bonds. The summed E-state index contributed by atoms with van der Waals surface area (Å²) in [6, 6.07) is 25.7. The first kappa shape index (κ1) is 14.7. The van der Waals surface area contributed by atoms with E-state index in [4.69, 9.17) is 9.79 Å². The fraction of sp³-hybridized carbons (Fsp3) is 0. The molecule has 0 saturated carbocycles. The minimum absolute atomic E-state index is 0.471. The van der Waals surface area contributed by atoms with Crippen molar-refractivity contribution in [2.45, 2.75) is 0 Å². The molecule has 110 valence electrons. The Morgan fingerprint density at radius 1 is 0.545 bits per heavy atom. The van der Waals surface area contributed by atoms with Crippen molar-refractivity contribution < 1.29 is 14.3 Å². The minimum atomic E-state index is -2.28. The SMILES string of the molecule is OP(O)Oc1ccccc1.c1ccc2c(c1)-c1ccccc1-2. The molecule has 3 aromatic rings. The second kappa shape index (κ2) is 6.71. The van der Waals surface area contributed by atoms with Crippen LogP contribution >= 0.6 is 8.60 Å². The van der Waals surface area contributed by atoms with Crippen LogP contribution in [-0.2, 0) is 0 Å². The van der Waals surface area contributed by atoms with Crippen LogP contribution in [0.2, 0.25) is 0 Å². The summed E-state index contributed by atoms with van der Waals surface area (Å²) in [4.78, 5) is 16.8. The van der Waals surface area contributed by atoms with E-state index in [0.717, 1.165) is 0 Å². The van der Waals surface area contributed by atoms with Crippen molar-refractivity contribution in [3.05, 3.63) is 78.9 Å². The quantitative estimate of drug-likeness (QED) is 0.532. The third-order valence-electron chi connectivity index (χ3n) is 3.36. The number of hydrogen-bond donors (Lipinski definition) is 2. The second-order valence-corrected chi connectivity index (χ2v) is 5.44. The lowest BCUT2D eigenvalue weighted by Gasteiger charge is -2.22. The molecule has 0 aromatic heterocycles. The van der Waals surface area contributed by atoms with E-state index in [-0.39, 0.29) is 0 Å². The fourth-order valence-electron chi connectivity index (χ4n) is 2.42. The van der Waals surface area contributed by atoms with Gasteiger partial charge in [-0.2, -0.15) is 0 Å². The summed E-state index contributed by atoms with van der Waals surface area (Å²) < 4.78 is 4.59. The molecule has 3 nitrogen and oxygen atoms in total. The Bertz CT molecular complexity index is 657. The van der Waals surface area contributed by atoms with Crippen molar-refractivity contribution in [3.8, 4) is 28.0 Å². The van der Waals surface area contributed by atoms with E-state index in [1.54, 1.807) is 24.3 Å². The zero-order valence-corrected chi connectivity index (χ0v) is 12.6. The molecule has 4 heteroatoms. The second-order valence-electron chi connectivity index (χ2n) is 4.75. The van der Waals surface area contributed by atoms with Crippen molar-refractivity contribution in [3.63, 3.8) is 0 Å². The molecule has 0 aliphatic heterocycles. The molecular weight excluding hydrogens is 295 g/mol. The molecular formula is C18H15O3P. The molecule has 0 unspecified atom stereocenters. The van der Waals surface area contributed by atoms with Gasteiger partial charge < -0.3 is 14.3 Å². The maximum absolute atomic E-state index is 8.40. The summed E-state index contributed by atoms with van der Waals surface area (Å²) >= 11 is 0. The Kier molecular flexibility index (Phi) is 4.50. The molecule has 0 radical (unpaired) electrons. The summed E-state index contributed by atoms with van der Waals surface area (Å²) in [6.45, 7) is 0. The standard InChI is InChI=1S/C12H8.C6H7O3P/c1-2-6-10-9(5-1)11-7-3-4-8-12(10)11;7-10(8)9-6-4-2-1-3-5-6/h1-8H;1-5,7-8H. The smallest absolute Gasteiger partial charge is 0.391 e. The van der Waals surface area contributed by atoms with Crippen molar-refractivity contribution in [2.24, 2.45) is 0 Å². The minimum Gasteiger partial charge on any atom is -0.427 e. The van der Waals surface area contributed by atoms with Gasteiger partial charge >= 0.3 is 8.60 Å². The lowest BCUT2D eigenvalue weighted by molar-refractivity contribution is 0.375. The van der Waals surface area contributed by atoms with Crippen LogP contribution in [0.3, 0.4) is 0 Å². The van der Waals surface area contributed by atoms with Crippen LogP contribution in [0.4, 0.5) is 0 Å². The Morgan fingerprint density at radius 3 is 1.27 bits per heavy atom. The van der Waals surface area contributed by atoms with Crippen molar-refractivity contribution in [1.82, 2.24) is 0 Å². The number of rotatable bonds is 2. The highest BCUT2D eigenvalue weighted by molar-refractivity contribution is 7.39. The lowest BCUT2D eigenvalue weighted by atomic mass is 9.81. The van der Waals surface area contributed by atoms with E-state index in [1.165, 1.54) is 22.3 Å². The number of benzene rings is 3. The average Bonchev–Trinajstić information content (AvgIpc) is 2.53. The van der Waals surface area contributed by atoms with Gasteiger partial charge in [0.1, 0.15) is 5.75 Å². The third kappa shape index (κ3) is 3.18. The highest BCUT2D eigenvalue weighted by atomic mass is 31.2. The van der Waals surface area contributed by atoms with Crippen LogP contribution in [0.25, 0.3) is 22.3 Å². The van der Waals surface area contributed by atoms with Gasteiger partial charge in [0.25, 0.3) is 0 Å². The van der Waals surface area contributed by atoms with E-state index in [2.05, 4.69) is 53.1 Å². The van der Waals surface area contributed by atoms with Gasteiger partial charge in [0.05, 0.1) is 0 Å². The number of para-hydroxylation sites is 1. The fourth-order valence-corrected chi connectivity index (χ4v) is 2.73. The van der Waals surface area contributed by atoms with Gasteiger partial charge in [-0.15, -0.1) is 0 Å². The van der Waals surface area contributed by atoms with Gasteiger partial charge in [0, 0.05) is 0 Å². The van der Waals surface area contributed by atoms with E-state index in [1.807, 2.05) is 6.07 Å². The van der Waals surface area contributed by atoms with Crippen molar-refractivity contribution in [2.75, 3.05) is 0 Å². The number of hydrogen-bond acceptors (Lipinski definition) is 3. The largest absolute Gasteiger partial charge is 0.427 e. The predicted molar refractivity (Wildman–Crippen MR) is 89.3 cm³/mol. The van der Waals surface area contributed by atoms with Crippen LogP contribution < -0.4 is 4.52 Å². The van der Waals surface area contributed by atoms with E-state index >= 15 is 0 Å². The van der Waals surface area contributed by atoms with Gasteiger partial charge in [-0.25, -0.2) is 0 Å². The predicted octanol–water partition coefficient (Wildman–Crippen LogP) is 4.61. The van der Waals surface area contributed by atoms with Gasteiger partial charge in [0.2, 0.25) is 0 Å². The van der Waals surface area contributed by atoms with E-state index < -0.39 is 8.60 Å². The van der Waals surface area contributed by atoms with Gasteiger partial charge in [-0.1, -0.05) is 66.7 Å². The lowest BCUT2D eigenvalue weighted by Crippen LogP contribution is -1.96. The Balaban J connectivity index is 0.000000134. The molecule has 0 atom stereocenters. The Hall–Kier alpha value is -2.19. The summed E-state index contributed by atoms with van der Waals surface area (Å²) in [5.41, 5.74) is 5.59. The van der Waals surface area contributed by atoms with E-state index in [0.29, 0.717) is 5.75 Å². The van der Waals surface area contributed by atoms with Gasteiger partial charge in [0.15, 0.2) is 0 Å². The summed E-state index contributed by atoms with van der Waals surface area (Å²) in [7, 11) is -2.28. The molecule has 0 fully saturated rings. The first-order valence-corrected chi connectivity index (χ1v) is 8.02. The Labute approximate surface area is 130 Å². The molecule has 0 heterocycles.